The molecule has 3 rings (SSSR count). The Morgan fingerprint density at radius 3 is 2.40 bits per heavy atom. The van der Waals surface area contributed by atoms with E-state index in [1.165, 1.54) is 0 Å². The number of hydrogen-bond acceptors (Lipinski definition) is 3. The lowest BCUT2D eigenvalue weighted by Gasteiger charge is -2.29. The van der Waals surface area contributed by atoms with Gasteiger partial charge in [-0.05, 0) is 50.8 Å². The van der Waals surface area contributed by atoms with Gasteiger partial charge in [-0.25, -0.2) is 0 Å². The van der Waals surface area contributed by atoms with Crippen LogP contribution in [0.15, 0.2) is 54.6 Å². The molecule has 0 aromatic heterocycles. The highest BCUT2D eigenvalue weighted by Gasteiger charge is 2.28. The number of ether oxygens (including phenoxy) is 1. The maximum absolute atomic E-state index is 13.0. The summed E-state index contributed by atoms with van der Waals surface area (Å²) < 4.78 is 5.70. The van der Waals surface area contributed by atoms with Crippen LogP contribution in [0.2, 0.25) is 0 Å². The van der Waals surface area contributed by atoms with E-state index in [4.69, 9.17) is 4.74 Å². The number of nitrogens with zero attached hydrogens (tertiary/aromatic N) is 1. The van der Waals surface area contributed by atoms with Crippen molar-refractivity contribution in [2.45, 2.75) is 58.0 Å². The van der Waals surface area contributed by atoms with Crippen LogP contribution in [-0.2, 0) is 16.0 Å². The molecule has 5 heteroatoms. The Labute approximate surface area is 179 Å². The molecule has 0 aliphatic heterocycles. The number of nitrogens with one attached hydrogen (secondary N) is 1. The lowest BCUT2D eigenvalue weighted by atomic mass is 10.1. The van der Waals surface area contributed by atoms with Crippen molar-refractivity contribution in [1.29, 1.82) is 0 Å². The van der Waals surface area contributed by atoms with Gasteiger partial charge in [-0.15, -0.1) is 0 Å². The average Bonchev–Trinajstić information content (AvgIpc) is 3.27. The molecular formula is C25H32N2O3. The van der Waals surface area contributed by atoms with E-state index in [0.29, 0.717) is 18.7 Å². The molecule has 0 heterocycles. The third-order valence-electron chi connectivity index (χ3n) is 5.74. The summed E-state index contributed by atoms with van der Waals surface area (Å²) in [6, 6.07) is 17.3. The molecule has 1 unspecified atom stereocenters. The molecule has 1 atom stereocenters. The van der Waals surface area contributed by atoms with E-state index in [0.717, 1.165) is 36.8 Å². The molecule has 2 aromatic rings. The number of benzene rings is 2. The van der Waals surface area contributed by atoms with E-state index in [9.17, 15) is 9.59 Å². The van der Waals surface area contributed by atoms with E-state index in [-0.39, 0.29) is 24.5 Å². The second-order valence-electron chi connectivity index (χ2n) is 8.09. The molecule has 0 radical (unpaired) electrons. The summed E-state index contributed by atoms with van der Waals surface area (Å²) in [4.78, 5) is 27.5. The van der Waals surface area contributed by atoms with E-state index in [1.807, 2.05) is 61.5 Å². The van der Waals surface area contributed by atoms with Crippen LogP contribution in [0, 0.1) is 6.92 Å². The molecule has 30 heavy (non-hydrogen) atoms. The summed E-state index contributed by atoms with van der Waals surface area (Å²) in [7, 11) is 0. The predicted octanol–water partition coefficient (Wildman–Crippen LogP) is 3.89. The quantitative estimate of drug-likeness (QED) is 0.685. The summed E-state index contributed by atoms with van der Waals surface area (Å²) in [5.74, 6) is 0.388. The van der Waals surface area contributed by atoms with E-state index < -0.39 is 6.04 Å². The van der Waals surface area contributed by atoms with Crippen molar-refractivity contribution in [1.82, 2.24) is 10.2 Å². The lowest BCUT2D eigenvalue weighted by Crippen LogP contribution is -2.51. The number of aryl methyl sites for hydroxylation is 1. The van der Waals surface area contributed by atoms with Gasteiger partial charge in [0.25, 0.3) is 5.91 Å². The Hall–Kier alpha value is -2.82. The van der Waals surface area contributed by atoms with Gasteiger partial charge in [0.05, 0.1) is 0 Å². The molecule has 2 amide bonds. The smallest absolute Gasteiger partial charge is 0.261 e. The summed E-state index contributed by atoms with van der Waals surface area (Å²) in [5.41, 5.74) is 2.27. The summed E-state index contributed by atoms with van der Waals surface area (Å²) in [6.45, 7) is 4.20. The molecule has 5 nitrogen and oxygen atoms in total. The standard InChI is InChI=1S/C25H32N2O3/c1-19-12-14-23(15-13-19)30-18-24(28)27(17-16-21-8-4-3-5-9-21)20(2)25(29)26-22-10-6-7-11-22/h3-5,8-9,12-15,20,22H,6-7,10-11,16-18H2,1-2H3,(H,26,29). The maximum atomic E-state index is 13.0. The third kappa shape index (κ3) is 6.34. The second kappa shape index (κ2) is 10.8. The molecule has 1 aliphatic rings. The minimum atomic E-state index is -0.538. The number of amides is 2. The molecule has 1 aliphatic carbocycles. The second-order valence-corrected chi connectivity index (χ2v) is 8.09. The molecule has 0 spiro atoms. The van der Waals surface area contributed by atoms with Crippen LogP contribution in [0.5, 0.6) is 5.75 Å². The Morgan fingerprint density at radius 2 is 1.73 bits per heavy atom. The maximum Gasteiger partial charge on any atom is 0.261 e. The van der Waals surface area contributed by atoms with Gasteiger partial charge in [0.2, 0.25) is 5.91 Å². The Kier molecular flexibility index (Phi) is 7.89. The van der Waals surface area contributed by atoms with Crippen LogP contribution in [0.3, 0.4) is 0 Å². The zero-order valence-corrected chi connectivity index (χ0v) is 18.0. The topological polar surface area (TPSA) is 58.6 Å². The van der Waals surface area contributed by atoms with Crippen molar-refractivity contribution in [3.8, 4) is 5.75 Å². The van der Waals surface area contributed by atoms with Gasteiger partial charge in [0.15, 0.2) is 6.61 Å². The van der Waals surface area contributed by atoms with Crippen LogP contribution in [0.25, 0.3) is 0 Å². The minimum absolute atomic E-state index is 0.0844. The molecule has 0 saturated heterocycles. The zero-order valence-electron chi connectivity index (χ0n) is 18.0. The van der Waals surface area contributed by atoms with E-state index in [2.05, 4.69) is 5.32 Å². The van der Waals surface area contributed by atoms with Crippen molar-refractivity contribution in [3.05, 3.63) is 65.7 Å². The normalized spacial score (nSPS) is 14.9. The van der Waals surface area contributed by atoms with Crippen LogP contribution in [0.1, 0.15) is 43.7 Å². The van der Waals surface area contributed by atoms with Crippen LogP contribution in [-0.4, -0.2) is 41.9 Å². The molecule has 1 saturated carbocycles. The monoisotopic (exact) mass is 408 g/mol. The third-order valence-corrected chi connectivity index (χ3v) is 5.74. The lowest BCUT2D eigenvalue weighted by molar-refractivity contribution is -0.141. The Balaban J connectivity index is 1.64. The summed E-state index contributed by atoms with van der Waals surface area (Å²) in [5, 5.41) is 3.12. The highest BCUT2D eigenvalue weighted by molar-refractivity contribution is 5.88. The Morgan fingerprint density at radius 1 is 1.07 bits per heavy atom. The van der Waals surface area contributed by atoms with Crippen molar-refractivity contribution in [2.24, 2.45) is 0 Å². The number of carbonyl (C=O) groups is 2. The molecule has 2 aromatic carbocycles. The van der Waals surface area contributed by atoms with Gasteiger partial charge >= 0.3 is 0 Å². The highest BCUT2D eigenvalue weighted by atomic mass is 16.5. The number of carbonyl (C=O) groups excluding carboxylic acids is 2. The van der Waals surface area contributed by atoms with Gasteiger partial charge in [-0.3, -0.25) is 9.59 Å². The minimum Gasteiger partial charge on any atom is -0.484 e. The van der Waals surface area contributed by atoms with Crippen LogP contribution < -0.4 is 10.1 Å². The van der Waals surface area contributed by atoms with Crippen LogP contribution >= 0.6 is 0 Å². The average molecular weight is 409 g/mol. The highest BCUT2D eigenvalue weighted by Crippen LogP contribution is 2.18. The van der Waals surface area contributed by atoms with Crippen molar-refractivity contribution >= 4 is 11.8 Å². The fourth-order valence-electron chi connectivity index (χ4n) is 3.82. The molecular weight excluding hydrogens is 376 g/mol. The van der Waals surface area contributed by atoms with Gasteiger partial charge in [-0.2, -0.15) is 0 Å². The van der Waals surface area contributed by atoms with E-state index >= 15 is 0 Å². The van der Waals surface area contributed by atoms with Crippen molar-refractivity contribution < 1.29 is 14.3 Å². The first-order valence-electron chi connectivity index (χ1n) is 10.9. The molecule has 0 bridgehead atoms. The SMILES string of the molecule is Cc1ccc(OCC(=O)N(CCc2ccccc2)C(C)C(=O)NC2CCCC2)cc1. The van der Waals surface area contributed by atoms with E-state index in [1.54, 1.807) is 11.8 Å². The fraction of sp³-hybridized carbons (Fsp3) is 0.440. The number of hydrogen-bond donors (Lipinski definition) is 1. The van der Waals surface area contributed by atoms with Gasteiger partial charge in [0, 0.05) is 12.6 Å². The summed E-state index contributed by atoms with van der Waals surface area (Å²) >= 11 is 0. The first-order valence-corrected chi connectivity index (χ1v) is 10.9. The van der Waals surface area contributed by atoms with Gasteiger partial charge in [0.1, 0.15) is 11.8 Å². The first-order chi connectivity index (χ1) is 14.5. The van der Waals surface area contributed by atoms with Crippen molar-refractivity contribution in [2.75, 3.05) is 13.2 Å². The van der Waals surface area contributed by atoms with Crippen LogP contribution in [0.4, 0.5) is 0 Å². The number of rotatable bonds is 9. The first kappa shape index (κ1) is 21.9. The van der Waals surface area contributed by atoms with Crippen molar-refractivity contribution in [3.63, 3.8) is 0 Å². The fourth-order valence-corrected chi connectivity index (χ4v) is 3.82. The molecule has 1 N–H and O–H groups in total. The molecule has 1 fully saturated rings. The largest absolute Gasteiger partial charge is 0.484 e. The summed E-state index contributed by atoms with van der Waals surface area (Å²) in [6.07, 6.45) is 5.04. The molecule has 160 valence electrons. The Bertz CT molecular complexity index is 814. The van der Waals surface area contributed by atoms with Gasteiger partial charge in [-0.1, -0.05) is 60.9 Å². The predicted molar refractivity (Wildman–Crippen MR) is 118 cm³/mol. The van der Waals surface area contributed by atoms with Gasteiger partial charge < -0.3 is 15.0 Å². The zero-order chi connectivity index (χ0) is 21.3.